The van der Waals surface area contributed by atoms with Gasteiger partial charge in [-0.25, -0.2) is 12.7 Å². The standard InChI is InChI=1S/C17H21N3O5S/c1-10-16(12(3)21)11(2)18-17(10)14(22)9-20-8-13(6-7-15(20)23)26(24,25)19(4)5/h6-8,18H,9H2,1-5H3. The van der Waals surface area contributed by atoms with Crippen molar-refractivity contribution in [2.45, 2.75) is 32.2 Å². The van der Waals surface area contributed by atoms with E-state index < -0.39 is 21.4 Å². The molecule has 2 aromatic heterocycles. The summed E-state index contributed by atoms with van der Waals surface area (Å²) in [5.41, 5.74) is 1.29. The number of aromatic amines is 1. The maximum absolute atomic E-state index is 12.6. The molecule has 0 aliphatic heterocycles. The number of aromatic nitrogens is 2. The molecule has 0 atom stereocenters. The molecule has 9 heteroatoms. The van der Waals surface area contributed by atoms with Crippen molar-refractivity contribution in [3.8, 4) is 0 Å². The third kappa shape index (κ3) is 3.54. The Labute approximate surface area is 151 Å². The van der Waals surface area contributed by atoms with Gasteiger partial charge in [-0.05, 0) is 32.4 Å². The van der Waals surface area contributed by atoms with Crippen molar-refractivity contribution in [3.63, 3.8) is 0 Å². The first-order valence-electron chi connectivity index (χ1n) is 7.83. The normalized spacial score (nSPS) is 11.8. The summed E-state index contributed by atoms with van der Waals surface area (Å²) in [7, 11) is -0.970. The van der Waals surface area contributed by atoms with E-state index in [0.29, 0.717) is 16.8 Å². The number of carbonyl (C=O) groups is 2. The molecule has 0 saturated carbocycles. The molecule has 2 rings (SSSR count). The molecule has 140 valence electrons. The quantitative estimate of drug-likeness (QED) is 0.757. The minimum absolute atomic E-state index is 0.0845. The number of hydrogen-bond donors (Lipinski definition) is 1. The molecule has 0 bridgehead atoms. The Morgan fingerprint density at radius 3 is 2.31 bits per heavy atom. The number of aryl methyl sites for hydroxylation is 1. The smallest absolute Gasteiger partial charge is 0.251 e. The third-order valence-corrected chi connectivity index (χ3v) is 5.92. The maximum atomic E-state index is 12.6. The number of sulfonamides is 1. The SMILES string of the molecule is CC(=O)c1c(C)[nH]c(C(=O)Cn2cc(S(=O)(=O)N(C)C)ccc2=O)c1C. The van der Waals surface area contributed by atoms with Gasteiger partial charge in [-0.15, -0.1) is 0 Å². The number of nitrogens with zero attached hydrogens (tertiary/aromatic N) is 2. The second-order valence-corrected chi connectivity index (χ2v) is 8.37. The van der Waals surface area contributed by atoms with Crippen LogP contribution in [0.3, 0.4) is 0 Å². The van der Waals surface area contributed by atoms with Crippen molar-refractivity contribution < 1.29 is 18.0 Å². The minimum Gasteiger partial charge on any atom is -0.355 e. The van der Waals surface area contributed by atoms with Crippen molar-refractivity contribution in [2.75, 3.05) is 14.1 Å². The topological polar surface area (TPSA) is 109 Å². The van der Waals surface area contributed by atoms with E-state index in [1.807, 2.05) is 0 Å². The molecule has 0 fully saturated rings. The zero-order chi connectivity index (χ0) is 19.8. The van der Waals surface area contributed by atoms with Crippen molar-refractivity contribution in [1.29, 1.82) is 0 Å². The third-order valence-electron chi connectivity index (χ3n) is 4.12. The number of carbonyl (C=O) groups excluding carboxylic acids is 2. The van der Waals surface area contributed by atoms with Crippen LogP contribution in [-0.2, 0) is 16.6 Å². The van der Waals surface area contributed by atoms with Gasteiger partial charge in [0.1, 0.15) is 0 Å². The first kappa shape index (κ1) is 19.8. The molecule has 2 heterocycles. The first-order valence-corrected chi connectivity index (χ1v) is 9.27. The Morgan fingerprint density at radius 1 is 1.19 bits per heavy atom. The van der Waals surface area contributed by atoms with Crippen molar-refractivity contribution in [3.05, 3.63) is 51.2 Å². The van der Waals surface area contributed by atoms with Crippen LogP contribution in [0.15, 0.2) is 28.0 Å². The number of pyridine rings is 1. The number of Topliss-reactive ketones (excluding diaryl/α,β-unsaturated/α-hetero) is 2. The molecule has 0 amide bonds. The monoisotopic (exact) mass is 379 g/mol. The minimum atomic E-state index is -3.73. The van der Waals surface area contributed by atoms with Gasteiger partial charge >= 0.3 is 0 Å². The highest BCUT2D eigenvalue weighted by Gasteiger charge is 2.22. The Morgan fingerprint density at radius 2 is 1.81 bits per heavy atom. The maximum Gasteiger partial charge on any atom is 0.251 e. The molecule has 8 nitrogen and oxygen atoms in total. The van der Waals surface area contributed by atoms with Crippen LogP contribution in [0, 0.1) is 13.8 Å². The van der Waals surface area contributed by atoms with Gasteiger partial charge in [0.15, 0.2) is 11.6 Å². The van der Waals surface area contributed by atoms with Crippen LogP contribution in [0.25, 0.3) is 0 Å². The summed E-state index contributed by atoms with van der Waals surface area (Å²) in [5.74, 6) is -0.578. The molecule has 2 aromatic rings. The summed E-state index contributed by atoms with van der Waals surface area (Å²) in [5, 5.41) is 0. The Kier molecular flexibility index (Phi) is 5.33. The van der Waals surface area contributed by atoms with Gasteiger partial charge in [0.2, 0.25) is 10.0 Å². The van der Waals surface area contributed by atoms with E-state index in [-0.39, 0.29) is 22.9 Å². The molecule has 0 unspecified atom stereocenters. The lowest BCUT2D eigenvalue weighted by atomic mass is 10.1. The van der Waals surface area contributed by atoms with Crippen molar-refractivity contribution >= 4 is 21.6 Å². The number of H-pyrrole nitrogens is 1. The molecule has 1 N–H and O–H groups in total. The van der Waals surface area contributed by atoms with Gasteiger partial charge in [-0.3, -0.25) is 14.4 Å². The molecule has 0 spiro atoms. The van der Waals surface area contributed by atoms with Gasteiger partial charge in [-0.1, -0.05) is 0 Å². The van der Waals surface area contributed by atoms with Crippen LogP contribution < -0.4 is 5.56 Å². The average Bonchev–Trinajstić information content (AvgIpc) is 2.83. The van der Waals surface area contributed by atoms with Crippen LogP contribution in [-0.4, -0.2) is 47.9 Å². The first-order chi connectivity index (χ1) is 12.0. The molecule has 26 heavy (non-hydrogen) atoms. The summed E-state index contributed by atoms with van der Waals surface area (Å²) in [6.07, 6.45) is 1.15. The van der Waals surface area contributed by atoms with Crippen LogP contribution >= 0.6 is 0 Å². The fourth-order valence-corrected chi connectivity index (χ4v) is 3.71. The van der Waals surface area contributed by atoms with Crippen LogP contribution in [0.2, 0.25) is 0 Å². The summed E-state index contributed by atoms with van der Waals surface area (Å²) >= 11 is 0. The van der Waals surface area contributed by atoms with Gasteiger partial charge in [0.25, 0.3) is 5.56 Å². The van der Waals surface area contributed by atoms with E-state index in [0.717, 1.165) is 21.1 Å². The highest BCUT2D eigenvalue weighted by Crippen LogP contribution is 2.19. The Bertz CT molecular complexity index is 1040. The number of ketones is 2. The van der Waals surface area contributed by atoms with Gasteiger partial charge in [-0.2, -0.15) is 0 Å². The lowest BCUT2D eigenvalue weighted by molar-refractivity contribution is 0.0965. The van der Waals surface area contributed by atoms with Crippen LogP contribution in [0.5, 0.6) is 0 Å². The molecule has 0 radical (unpaired) electrons. The Balaban J connectivity index is 2.44. The number of hydrogen-bond acceptors (Lipinski definition) is 5. The van der Waals surface area contributed by atoms with E-state index in [1.54, 1.807) is 13.8 Å². The zero-order valence-electron chi connectivity index (χ0n) is 15.3. The molecular formula is C17H21N3O5S. The lowest BCUT2D eigenvalue weighted by Crippen LogP contribution is -2.27. The van der Waals surface area contributed by atoms with E-state index in [2.05, 4.69) is 4.98 Å². The summed E-state index contributed by atoms with van der Waals surface area (Å²) in [6, 6.07) is 2.31. The molecule has 0 saturated heterocycles. The zero-order valence-corrected chi connectivity index (χ0v) is 16.1. The summed E-state index contributed by atoms with van der Waals surface area (Å²) < 4.78 is 26.5. The fraction of sp³-hybridized carbons (Fsp3) is 0.353. The van der Waals surface area contributed by atoms with Gasteiger partial charge in [0.05, 0.1) is 17.1 Å². The predicted octanol–water partition coefficient (Wildman–Crippen LogP) is 1.13. The van der Waals surface area contributed by atoms with Crippen molar-refractivity contribution in [1.82, 2.24) is 13.9 Å². The fourth-order valence-electron chi connectivity index (χ4n) is 2.79. The van der Waals surface area contributed by atoms with E-state index in [4.69, 9.17) is 0 Å². The van der Waals surface area contributed by atoms with Crippen molar-refractivity contribution in [2.24, 2.45) is 0 Å². The van der Waals surface area contributed by atoms with E-state index in [1.165, 1.54) is 27.1 Å². The van der Waals surface area contributed by atoms with Gasteiger partial charge in [0, 0.05) is 37.6 Å². The average molecular weight is 379 g/mol. The van der Waals surface area contributed by atoms with Gasteiger partial charge < -0.3 is 9.55 Å². The largest absolute Gasteiger partial charge is 0.355 e. The molecular weight excluding hydrogens is 358 g/mol. The second-order valence-electron chi connectivity index (χ2n) is 6.22. The molecule has 0 aliphatic rings. The highest BCUT2D eigenvalue weighted by atomic mass is 32.2. The number of rotatable bonds is 6. The Hall–Kier alpha value is -2.52. The molecule has 0 aliphatic carbocycles. The summed E-state index contributed by atoms with van der Waals surface area (Å²) in [6.45, 7) is 4.42. The molecule has 0 aromatic carbocycles. The van der Waals surface area contributed by atoms with Crippen LogP contribution in [0.4, 0.5) is 0 Å². The summed E-state index contributed by atoms with van der Waals surface area (Å²) in [4.78, 5) is 39.1. The lowest BCUT2D eigenvalue weighted by Gasteiger charge is -2.13. The van der Waals surface area contributed by atoms with E-state index in [9.17, 15) is 22.8 Å². The second kappa shape index (κ2) is 7.00. The highest BCUT2D eigenvalue weighted by molar-refractivity contribution is 7.89. The van der Waals surface area contributed by atoms with Crippen LogP contribution in [0.1, 0.15) is 39.0 Å². The predicted molar refractivity (Wildman–Crippen MR) is 96.2 cm³/mol. The number of nitrogens with one attached hydrogen (secondary N) is 1. The van der Waals surface area contributed by atoms with E-state index >= 15 is 0 Å².